The van der Waals surface area contributed by atoms with Crippen molar-refractivity contribution in [2.24, 2.45) is 5.41 Å². The summed E-state index contributed by atoms with van der Waals surface area (Å²) in [5, 5.41) is 0. The Bertz CT molecular complexity index is 759. The Hall–Kier alpha value is -1.60. The Balaban J connectivity index is 1.52. The first-order valence-electron chi connectivity index (χ1n) is 11.6. The van der Waals surface area contributed by atoms with Crippen molar-refractivity contribution in [2.75, 3.05) is 20.1 Å². The zero-order chi connectivity index (χ0) is 21.1. The summed E-state index contributed by atoms with van der Waals surface area (Å²) in [7, 11) is 2.44. The van der Waals surface area contributed by atoms with Crippen molar-refractivity contribution in [3.05, 3.63) is 70.8 Å². The summed E-state index contributed by atoms with van der Waals surface area (Å²) < 4.78 is 1.20. The van der Waals surface area contributed by atoms with Crippen molar-refractivity contribution in [1.82, 2.24) is 0 Å². The van der Waals surface area contributed by atoms with Gasteiger partial charge in [-0.25, -0.2) is 0 Å². The molecule has 2 aromatic rings. The highest BCUT2D eigenvalue weighted by Gasteiger charge is 2.34. The number of quaternary nitrogens is 1. The highest BCUT2D eigenvalue weighted by molar-refractivity contribution is 5.26. The standard InChI is InChI=1S/C28H42N/c1-22-7-13-26(14-8-22)23(2)9-10-24(3)27-15-11-25(12-16-27)21-29(6)19-17-28(4,5)18-20-29/h7-8,11-16,23-24H,9-10,17-21H2,1-6H3/q+1. The lowest BCUT2D eigenvalue weighted by Gasteiger charge is -2.43. The minimum atomic E-state index is 0.534. The monoisotopic (exact) mass is 392 g/mol. The molecule has 3 rings (SSSR count). The molecular formula is C28H42N+. The largest absolute Gasteiger partial charge is 0.322 e. The number of benzene rings is 2. The summed E-state index contributed by atoms with van der Waals surface area (Å²) in [5.74, 6) is 1.25. The molecule has 2 unspecified atom stereocenters. The van der Waals surface area contributed by atoms with E-state index in [9.17, 15) is 0 Å². The molecule has 1 heteroatoms. The third kappa shape index (κ3) is 6.19. The van der Waals surface area contributed by atoms with Crippen LogP contribution in [0.2, 0.25) is 0 Å². The van der Waals surface area contributed by atoms with Gasteiger partial charge in [0.2, 0.25) is 0 Å². The van der Waals surface area contributed by atoms with E-state index in [1.165, 1.54) is 72.1 Å². The average molecular weight is 393 g/mol. The van der Waals surface area contributed by atoms with E-state index >= 15 is 0 Å². The predicted octanol–water partition coefficient (Wildman–Crippen LogP) is 7.45. The zero-order valence-corrected chi connectivity index (χ0v) is 19.7. The number of hydrogen-bond acceptors (Lipinski definition) is 0. The lowest BCUT2D eigenvalue weighted by Crippen LogP contribution is -2.50. The summed E-state index contributed by atoms with van der Waals surface area (Å²) >= 11 is 0. The van der Waals surface area contributed by atoms with Crippen LogP contribution < -0.4 is 0 Å². The van der Waals surface area contributed by atoms with E-state index in [2.05, 4.69) is 90.2 Å². The number of hydrogen-bond donors (Lipinski definition) is 0. The van der Waals surface area contributed by atoms with Gasteiger partial charge in [0, 0.05) is 18.4 Å². The van der Waals surface area contributed by atoms with E-state index in [1.807, 2.05) is 0 Å². The topological polar surface area (TPSA) is 0 Å². The third-order valence-corrected chi connectivity index (χ3v) is 7.45. The molecule has 1 nitrogen and oxygen atoms in total. The second-order valence-electron chi connectivity index (χ2n) is 10.9. The van der Waals surface area contributed by atoms with Gasteiger partial charge in [0.15, 0.2) is 0 Å². The molecule has 29 heavy (non-hydrogen) atoms. The van der Waals surface area contributed by atoms with Crippen LogP contribution in [0, 0.1) is 12.3 Å². The number of aryl methyl sites for hydroxylation is 1. The third-order valence-electron chi connectivity index (χ3n) is 7.45. The van der Waals surface area contributed by atoms with Crippen molar-refractivity contribution < 1.29 is 4.48 Å². The first kappa shape index (κ1) is 22.1. The number of rotatable bonds is 7. The molecule has 158 valence electrons. The van der Waals surface area contributed by atoms with Crippen molar-refractivity contribution in [3.8, 4) is 0 Å². The molecule has 0 aromatic heterocycles. The molecule has 1 saturated heterocycles. The van der Waals surface area contributed by atoms with Gasteiger partial charge in [-0.2, -0.15) is 0 Å². The van der Waals surface area contributed by atoms with Crippen LogP contribution >= 0.6 is 0 Å². The first-order chi connectivity index (χ1) is 13.7. The zero-order valence-electron chi connectivity index (χ0n) is 19.7. The maximum absolute atomic E-state index is 2.44. The number of nitrogens with zero attached hydrogens (tertiary/aromatic N) is 1. The fourth-order valence-electron chi connectivity index (χ4n) is 4.66. The Morgan fingerprint density at radius 2 is 1.24 bits per heavy atom. The van der Waals surface area contributed by atoms with Crippen LogP contribution in [0.15, 0.2) is 48.5 Å². The normalized spacial score (nSPS) is 20.2. The molecule has 1 aliphatic heterocycles. The van der Waals surface area contributed by atoms with E-state index < -0.39 is 0 Å². The molecule has 0 radical (unpaired) electrons. The second kappa shape index (κ2) is 9.04. The van der Waals surface area contributed by atoms with Crippen LogP contribution in [0.4, 0.5) is 0 Å². The van der Waals surface area contributed by atoms with E-state index in [0.717, 1.165) is 0 Å². The average Bonchev–Trinajstić information content (AvgIpc) is 2.70. The molecule has 2 aromatic carbocycles. The Morgan fingerprint density at radius 3 is 1.72 bits per heavy atom. The van der Waals surface area contributed by atoms with Crippen LogP contribution in [0.5, 0.6) is 0 Å². The van der Waals surface area contributed by atoms with Gasteiger partial charge in [-0.05, 0) is 48.1 Å². The maximum Gasteiger partial charge on any atom is 0.104 e. The highest BCUT2D eigenvalue weighted by atomic mass is 15.3. The van der Waals surface area contributed by atoms with Gasteiger partial charge < -0.3 is 4.48 Å². The predicted molar refractivity (Wildman–Crippen MR) is 126 cm³/mol. The van der Waals surface area contributed by atoms with Crippen molar-refractivity contribution >= 4 is 0 Å². The van der Waals surface area contributed by atoms with Crippen LogP contribution in [0.25, 0.3) is 0 Å². The smallest absolute Gasteiger partial charge is 0.104 e. The quantitative estimate of drug-likeness (QED) is 0.429. The Labute approximate surface area is 179 Å². The molecule has 0 amide bonds. The fraction of sp³-hybridized carbons (Fsp3) is 0.571. The van der Waals surface area contributed by atoms with Crippen LogP contribution in [0.1, 0.15) is 87.5 Å². The Kier molecular flexibility index (Phi) is 6.89. The van der Waals surface area contributed by atoms with Crippen molar-refractivity contribution in [1.29, 1.82) is 0 Å². The van der Waals surface area contributed by atoms with Gasteiger partial charge in [-0.15, -0.1) is 0 Å². The summed E-state index contributed by atoms with van der Waals surface area (Å²) in [6.45, 7) is 15.6. The summed E-state index contributed by atoms with van der Waals surface area (Å²) in [5.41, 5.74) is 6.34. The number of likely N-dealkylation sites (tertiary alicyclic amines) is 1. The molecule has 0 N–H and O–H groups in total. The fourth-order valence-corrected chi connectivity index (χ4v) is 4.66. The van der Waals surface area contributed by atoms with Gasteiger partial charge in [0.25, 0.3) is 0 Å². The molecule has 0 saturated carbocycles. The molecule has 0 bridgehead atoms. The molecule has 1 fully saturated rings. The van der Waals surface area contributed by atoms with E-state index in [0.29, 0.717) is 17.3 Å². The lowest BCUT2D eigenvalue weighted by molar-refractivity contribution is -0.929. The van der Waals surface area contributed by atoms with Gasteiger partial charge in [0.05, 0.1) is 20.1 Å². The minimum absolute atomic E-state index is 0.534. The van der Waals surface area contributed by atoms with Crippen LogP contribution in [0.3, 0.4) is 0 Å². The summed E-state index contributed by atoms with van der Waals surface area (Å²) in [6.07, 6.45) is 5.18. The molecule has 2 atom stereocenters. The van der Waals surface area contributed by atoms with Gasteiger partial charge in [-0.3, -0.25) is 0 Å². The first-order valence-corrected chi connectivity index (χ1v) is 11.6. The molecule has 1 aliphatic rings. The summed E-state index contributed by atoms with van der Waals surface area (Å²) in [4.78, 5) is 0. The van der Waals surface area contributed by atoms with Crippen molar-refractivity contribution in [2.45, 2.75) is 78.7 Å². The van der Waals surface area contributed by atoms with E-state index in [1.54, 1.807) is 0 Å². The molecule has 0 aliphatic carbocycles. The highest BCUT2D eigenvalue weighted by Crippen LogP contribution is 2.34. The SMILES string of the molecule is Cc1ccc(C(C)CCC(C)c2ccc(C[N+]3(C)CCC(C)(C)CC3)cc2)cc1. The molecule has 1 heterocycles. The van der Waals surface area contributed by atoms with Gasteiger partial charge in [-0.1, -0.05) is 81.8 Å². The Morgan fingerprint density at radius 1 is 0.793 bits per heavy atom. The molecular weight excluding hydrogens is 350 g/mol. The van der Waals surface area contributed by atoms with Crippen LogP contribution in [-0.2, 0) is 6.54 Å². The van der Waals surface area contributed by atoms with E-state index in [4.69, 9.17) is 0 Å². The summed E-state index contributed by atoms with van der Waals surface area (Å²) in [6, 6.07) is 18.6. The minimum Gasteiger partial charge on any atom is -0.322 e. The maximum atomic E-state index is 2.44. The van der Waals surface area contributed by atoms with Gasteiger partial charge in [0.1, 0.15) is 6.54 Å². The van der Waals surface area contributed by atoms with Gasteiger partial charge >= 0.3 is 0 Å². The molecule has 0 spiro atoms. The van der Waals surface area contributed by atoms with Crippen molar-refractivity contribution in [3.63, 3.8) is 0 Å². The lowest BCUT2D eigenvalue weighted by atomic mass is 9.81. The second-order valence-corrected chi connectivity index (χ2v) is 10.9. The van der Waals surface area contributed by atoms with Crippen LogP contribution in [-0.4, -0.2) is 24.6 Å². The number of piperidine rings is 1. The van der Waals surface area contributed by atoms with E-state index in [-0.39, 0.29) is 0 Å².